The van der Waals surface area contributed by atoms with Crippen LogP contribution in [-0.4, -0.2) is 35.3 Å². The SMILES string of the molecule is O=c1[nH]c2ccc(S(=O)(=O)N3CCCC[C@@H]3Cc3ccccc3)cc2[nH]c1=O. The van der Waals surface area contributed by atoms with Gasteiger partial charge in [0.25, 0.3) is 0 Å². The van der Waals surface area contributed by atoms with Gasteiger partial charge in [-0.15, -0.1) is 0 Å². The highest BCUT2D eigenvalue weighted by atomic mass is 32.2. The fourth-order valence-electron chi connectivity index (χ4n) is 3.77. The number of aromatic nitrogens is 2. The second-order valence-electron chi connectivity index (χ2n) is 7.07. The number of hydrogen-bond acceptors (Lipinski definition) is 4. The number of aromatic amines is 2. The van der Waals surface area contributed by atoms with E-state index in [-0.39, 0.29) is 10.9 Å². The second-order valence-corrected chi connectivity index (χ2v) is 8.96. The Morgan fingerprint density at radius 2 is 1.64 bits per heavy atom. The van der Waals surface area contributed by atoms with Crippen LogP contribution in [0.3, 0.4) is 0 Å². The molecule has 7 nitrogen and oxygen atoms in total. The van der Waals surface area contributed by atoms with Crippen molar-refractivity contribution < 1.29 is 8.42 Å². The molecule has 0 spiro atoms. The molecular weight excluding hydrogens is 378 g/mol. The molecule has 1 fully saturated rings. The molecule has 0 unspecified atom stereocenters. The summed E-state index contributed by atoms with van der Waals surface area (Å²) in [6.45, 7) is 0.472. The van der Waals surface area contributed by atoms with Gasteiger partial charge in [0.2, 0.25) is 10.0 Å². The molecule has 0 bridgehead atoms. The monoisotopic (exact) mass is 399 g/mol. The summed E-state index contributed by atoms with van der Waals surface area (Å²) < 4.78 is 28.3. The maximum absolute atomic E-state index is 13.3. The van der Waals surface area contributed by atoms with Gasteiger partial charge in [-0.05, 0) is 43.0 Å². The predicted octanol–water partition coefficient (Wildman–Crippen LogP) is 2.00. The van der Waals surface area contributed by atoms with Gasteiger partial charge in [-0.1, -0.05) is 36.8 Å². The summed E-state index contributed by atoms with van der Waals surface area (Å²) in [6.07, 6.45) is 3.29. The molecule has 146 valence electrons. The van der Waals surface area contributed by atoms with E-state index >= 15 is 0 Å². The molecule has 1 aliphatic heterocycles. The number of rotatable bonds is 4. The third-order valence-electron chi connectivity index (χ3n) is 5.19. The van der Waals surface area contributed by atoms with Gasteiger partial charge >= 0.3 is 11.1 Å². The standard InChI is InChI=1S/C20H21N3O4S/c24-19-20(25)22-18-13-16(9-10-17(18)21-19)28(26,27)23-11-5-4-8-15(23)12-14-6-2-1-3-7-14/h1-3,6-7,9-10,13,15H,4-5,8,11-12H2,(H,21,24)(H,22,25)/t15-/m1/s1. The average molecular weight is 399 g/mol. The van der Waals surface area contributed by atoms with E-state index in [4.69, 9.17) is 0 Å². The van der Waals surface area contributed by atoms with E-state index in [1.165, 1.54) is 18.2 Å². The van der Waals surface area contributed by atoms with Crippen molar-refractivity contribution in [2.45, 2.75) is 36.6 Å². The highest BCUT2D eigenvalue weighted by molar-refractivity contribution is 7.89. The molecule has 3 aromatic rings. The van der Waals surface area contributed by atoms with Gasteiger partial charge in [0.05, 0.1) is 15.9 Å². The summed E-state index contributed by atoms with van der Waals surface area (Å²) in [5, 5.41) is 0. The van der Waals surface area contributed by atoms with E-state index in [2.05, 4.69) is 9.97 Å². The van der Waals surface area contributed by atoms with Gasteiger partial charge < -0.3 is 9.97 Å². The molecule has 28 heavy (non-hydrogen) atoms. The van der Waals surface area contributed by atoms with E-state index < -0.39 is 21.1 Å². The van der Waals surface area contributed by atoms with Gasteiger partial charge in [0.15, 0.2) is 0 Å². The molecule has 1 saturated heterocycles. The Labute approximate surface area is 162 Å². The van der Waals surface area contributed by atoms with Gasteiger partial charge in [-0.3, -0.25) is 9.59 Å². The number of hydrogen-bond donors (Lipinski definition) is 2. The minimum Gasteiger partial charge on any atom is -0.316 e. The van der Waals surface area contributed by atoms with Crippen LogP contribution in [0.2, 0.25) is 0 Å². The Bertz CT molecular complexity index is 1220. The summed E-state index contributed by atoms with van der Waals surface area (Å²) in [7, 11) is -3.73. The molecule has 2 N–H and O–H groups in total. The number of H-pyrrole nitrogens is 2. The first-order chi connectivity index (χ1) is 13.4. The van der Waals surface area contributed by atoms with E-state index in [0.717, 1.165) is 24.8 Å². The van der Waals surface area contributed by atoms with E-state index in [0.29, 0.717) is 24.0 Å². The zero-order chi connectivity index (χ0) is 19.7. The Kier molecular flexibility index (Phi) is 4.91. The summed E-state index contributed by atoms with van der Waals surface area (Å²) in [4.78, 5) is 28.1. The quantitative estimate of drug-likeness (QED) is 0.655. The van der Waals surface area contributed by atoms with Crippen molar-refractivity contribution in [1.29, 1.82) is 0 Å². The molecule has 1 aliphatic rings. The number of nitrogens with one attached hydrogen (secondary N) is 2. The lowest BCUT2D eigenvalue weighted by atomic mass is 9.98. The zero-order valence-electron chi connectivity index (χ0n) is 15.2. The first-order valence-electron chi connectivity index (χ1n) is 9.27. The van der Waals surface area contributed by atoms with Crippen LogP contribution in [0.25, 0.3) is 11.0 Å². The first kappa shape index (κ1) is 18.6. The van der Waals surface area contributed by atoms with Gasteiger partial charge in [0, 0.05) is 12.6 Å². The molecule has 1 atom stereocenters. The van der Waals surface area contributed by atoms with Crippen molar-refractivity contribution in [3.05, 3.63) is 74.8 Å². The Morgan fingerprint density at radius 3 is 2.39 bits per heavy atom. The fourth-order valence-corrected chi connectivity index (χ4v) is 5.49. The molecule has 0 radical (unpaired) electrons. The van der Waals surface area contributed by atoms with Gasteiger partial charge in [0.1, 0.15) is 0 Å². The van der Waals surface area contributed by atoms with Crippen molar-refractivity contribution in [2.24, 2.45) is 0 Å². The lowest BCUT2D eigenvalue weighted by molar-refractivity contribution is 0.251. The molecule has 0 aliphatic carbocycles. The van der Waals surface area contributed by atoms with Crippen LogP contribution in [0, 0.1) is 0 Å². The van der Waals surface area contributed by atoms with Crippen LogP contribution in [0.5, 0.6) is 0 Å². The third kappa shape index (κ3) is 3.53. The van der Waals surface area contributed by atoms with E-state index in [1.807, 2.05) is 30.3 Å². The number of piperidine rings is 1. The fraction of sp³-hybridized carbons (Fsp3) is 0.300. The lowest BCUT2D eigenvalue weighted by Crippen LogP contribution is -2.44. The predicted molar refractivity (Wildman–Crippen MR) is 107 cm³/mol. The van der Waals surface area contributed by atoms with Gasteiger partial charge in [-0.2, -0.15) is 4.31 Å². The van der Waals surface area contributed by atoms with E-state index in [1.54, 1.807) is 4.31 Å². The topological polar surface area (TPSA) is 103 Å². The van der Waals surface area contributed by atoms with Crippen molar-refractivity contribution in [3.63, 3.8) is 0 Å². The summed E-state index contributed by atoms with van der Waals surface area (Å²) >= 11 is 0. The molecule has 4 rings (SSSR count). The Morgan fingerprint density at radius 1 is 0.929 bits per heavy atom. The van der Waals surface area contributed by atoms with Crippen LogP contribution < -0.4 is 11.1 Å². The molecule has 2 heterocycles. The summed E-state index contributed by atoms with van der Waals surface area (Å²) in [6, 6.07) is 14.2. The van der Waals surface area contributed by atoms with Crippen LogP contribution in [-0.2, 0) is 16.4 Å². The minimum atomic E-state index is -3.73. The van der Waals surface area contributed by atoms with Crippen LogP contribution >= 0.6 is 0 Å². The third-order valence-corrected chi connectivity index (χ3v) is 7.14. The van der Waals surface area contributed by atoms with Crippen LogP contribution in [0.1, 0.15) is 24.8 Å². The number of sulfonamides is 1. The molecule has 0 saturated carbocycles. The molecule has 2 aromatic carbocycles. The van der Waals surface area contributed by atoms with Crippen molar-refractivity contribution >= 4 is 21.1 Å². The maximum atomic E-state index is 13.3. The number of benzene rings is 2. The van der Waals surface area contributed by atoms with Crippen molar-refractivity contribution in [3.8, 4) is 0 Å². The maximum Gasteiger partial charge on any atom is 0.314 e. The smallest absolute Gasteiger partial charge is 0.314 e. The molecule has 8 heteroatoms. The average Bonchev–Trinajstić information content (AvgIpc) is 2.69. The minimum absolute atomic E-state index is 0.105. The molecule has 0 amide bonds. The Balaban J connectivity index is 1.71. The van der Waals surface area contributed by atoms with E-state index in [9.17, 15) is 18.0 Å². The number of nitrogens with zero attached hydrogens (tertiary/aromatic N) is 1. The molecule has 1 aromatic heterocycles. The second kappa shape index (κ2) is 7.37. The Hall–Kier alpha value is -2.71. The normalized spacial score (nSPS) is 18.4. The van der Waals surface area contributed by atoms with Crippen molar-refractivity contribution in [2.75, 3.05) is 6.54 Å². The zero-order valence-corrected chi connectivity index (χ0v) is 16.0. The largest absolute Gasteiger partial charge is 0.316 e. The number of fused-ring (bicyclic) bond motifs is 1. The first-order valence-corrected chi connectivity index (χ1v) is 10.7. The molecular formula is C20H21N3O4S. The summed E-state index contributed by atoms with van der Waals surface area (Å²) in [5.41, 5.74) is 0.226. The van der Waals surface area contributed by atoms with Crippen LogP contribution in [0.4, 0.5) is 0 Å². The highest BCUT2D eigenvalue weighted by Crippen LogP contribution is 2.28. The lowest BCUT2D eigenvalue weighted by Gasteiger charge is -2.35. The summed E-state index contributed by atoms with van der Waals surface area (Å²) in [5.74, 6) is 0. The highest BCUT2D eigenvalue weighted by Gasteiger charge is 2.33. The van der Waals surface area contributed by atoms with Crippen molar-refractivity contribution in [1.82, 2.24) is 14.3 Å². The van der Waals surface area contributed by atoms with Crippen LogP contribution in [0.15, 0.2) is 63.0 Å². The van der Waals surface area contributed by atoms with Gasteiger partial charge in [-0.25, -0.2) is 8.42 Å².